The topological polar surface area (TPSA) is 75.2 Å². The van der Waals surface area contributed by atoms with E-state index in [1.54, 1.807) is 19.2 Å². The lowest BCUT2D eigenvalue weighted by Crippen LogP contribution is -2.39. The van der Waals surface area contributed by atoms with E-state index in [0.717, 1.165) is 24.8 Å². The fourth-order valence-corrected chi connectivity index (χ4v) is 2.69. The van der Waals surface area contributed by atoms with Crippen LogP contribution in [-0.4, -0.2) is 22.2 Å². The van der Waals surface area contributed by atoms with Gasteiger partial charge < -0.3 is 14.8 Å². The van der Waals surface area contributed by atoms with Crippen molar-refractivity contribution < 1.29 is 9.84 Å². The molecule has 0 atom stereocenters. The van der Waals surface area contributed by atoms with Crippen LogP contribution in [0.5, 0.6) is 5.88 Å². The molecule has 2 aromatic rings. The highest BCUT2D eigenvalue weighted by Crippen LogP contribution is 2.43. The molecule has 1 heterocycles. The Morgan fingerprint density at radius 1 is 1.29 bits per heavy atom. The van der Waals surface area contributed by atoms with Gasteiger partial charge in [-0.05, 0) is 31.7 Å². The highest BCUT2D eigenvalue weighted by molar-refractivity contribution is 5.67. The highest BCUT2D eigenvalue weighted by atomic mass is 16.5. The molecule has 0 radical (unpaired) electrons. The second kappa shape index (κ2) is 5.00. The van der Waals surface area contributed by atoms with E-state index >= 15 is 0 Å². The number of aromatic amines is 1. The number of hydrogen-bond donors (Lipinski definition) is 2. The molecule has 1 saturated carbocycles. The first kappa shape index (κ1) is 13.8. The zero-order valence-electron chi connectivity index (χ0n) is 12.1. The zero-order chi connectivity index (χ0) is 15.0. The van der Waals surface area contributed by atoms with Gasteiger partial charge in [-0.25, -0.2) is 0 Å². The summed E-state index contributed by atoms with van der Waals surface area (Å²) in [4.78, 5) is 19.3. The van der Waals surface area contributed by atoms with E-state index in [0.29, 0.717) is 11.4 Å². The van der Waals surface area contributed by atoms with E-state index < -0.39 is 5.60 Å². The molecule has 0 bridgehead atoms. The maximum absolute atomic E-state index is 12.3. The van der Waals surface area contributed by atoms with E-state index in [4.69, 9.17) is 4.74 Å². The van der Waals surface area contributed by atoms with Crippen molar-refractivity contribution in [3.63, 3.8) is 0 Å². The molecule has 2 N–H and O–H groups in total. The van der Waals surface area contributed by atoms with Crippen molar-refractivity contribution in [2.75, 3.05) is 7.11 Å². The lowest BCUT2D eigenvalue weighted by molar-refractivity contribution is -0.0850. The number of hydrogen-bond acceptors (Lipinski definition) is 4. The van der Waals surface area contributed by atoms with Crippen molar-refractivity contribution in [2.45, 2.75) is 31.8 Å². The monoisotopic (exact) mass is 286 g/mol. The number of nitrogens with zero attached hydrogens (tertiary/aromatic N) is 1. The van der Waals surface area contributed by atoms with Gasteiger partial charge in [-0.15, -0.1) is 0 Å². The second-order valence-corrected chi connectivity index (χ2v) is 5.53. The highest BCUT2D eigenvalue weighted by Gasteiger charge is 2.42. The Labute approximate surface area is 122 Å². The Morgan fingerprint density at radius 3 is 2.43 bits per heavy atom. The lowest BCUT2D eigenvalue weighted by Gasteiger charge is -2.39. The maximum Gasteiger partial charge on any atom is 0.262 e. The van der Waals surface area contributed by atoms with E-state index in [9.17, 15) is 9.90 Å². The molecule has 1 fully saturated rings. The fraction of sp³-hybridized carbons (Fsp3) is 0.375. The van der Waals surface area contributed by atoms with Crippen molar-refractivity contribution in [2.24, 2.45) is 0 Å². The third-order valence-electron chi connectivity index (χ3n) is 4.22. The maximum atomic E-state index is 12.3. The quantitative estimate of drug-likeness (QED) is 0.909. The largest absolute Gasteiger partial charge is 0.493 e. The molecule has 0 saturated heterocycles. The minimum Gasteiger partial charge on any atom is -0.493 e. The Hall–Kier alpha value is -2.14. The van der Waals surface area contributed by atoms with Crippen LogP contribution in [0, 0.1) is 6.92 Å². The van der Waals surface area contributed by atoms with Gasteiger partial charge in [0.25, 0.3) is 5.56 Å². The Balaban J connectivity index is 2.09. The van der Waals surface area contributed by atoms with E-state index in [1.165, 1.54) is 0 Å². The van der Waals surface area contributed by atoms with Gasteiger partial charge in [-0.3, -0.25) is 4.79 Å². The standard InChI is InChI=1S/C16H18N2O3/c1-10-4-6-11(7-5-10)12-13(19)17-15(18-14(12)20)16(21-2)8-3-9-16/h4-7H,3,8-9H2,1-2H3,(H2,17,18,19,20). The molecule has 5 nitrogen and oxygen atoms in total. The third-order valence-corrected chi connectivity index (χ3v) is 4.22. The van der Waals surface area contributed by atoms with Crippen LogP contribution in [0.15, 0.2) is 29.1 Å². The number of aromatic nitrogens is 2. The van der Waals surface area contributed by atoms with Crippen molar-refractivity contribution in [1.29, 1.82) is 0 Å². The predicted molar refractivity (Wildman–Crippen MR) is 79.2 cm³/mol. The van der Waals surface area contributed by atoms with Crippen molar-refractivity contribution >= 4 is 0 Å². The van der Waals surface area contributed by atoms with Crippen LogP contribution >= 0.6 is 0 Å². The van der Waals surface area contributed by atoms with Crippen LogP contribution in [-0.2, 0) is 10.3 Å². The molecule has 1 aliphatic rings. The molecule has 110 valence electrons. The minimum absolute atomic E-state index is 0.198. The smallest absolute Gasteiger partial charge is 0.262 e. The number of methoxy groups -OCH3 is 1. The molecule has 1 aromatic heterocycles. The minimum atomic E-state index is -0.553. The van der Waals surface area contributed by atoms with Crippen molar-refractivity contribution in [3.05, 3.63) is 46.0 Å². The van der Waals surface area contributed by atoms with Gasteiger partial charge in [0.05, 0.1) is 0 Å². The van der Waals surface area contributed by atoms with Gasteiger partial charge in [0.1, 0.15) is 17.0 Å². The predicted octanol–water partition coefficient (Wildman–Crippen LogP) is 2.48. The van der Waals surface area contributed by atoms with Crippen LogP contribution in [0.4, 0.5) is 0 Å². The molecule has 3 rings (SSSR count). The number of benzene rings is 1. The summed E-state index contributed by atoms with van der Waals surface area (Å²) in [7, 11) is 1.60. The van der Waals surface area contributed by atoms with Gasteiger partial charge >= 0.3 is 0 Å². The van der Waals surface area contributed by atoms with Gasteiger partial charge in [-0.2, -0.15) is 4.98 Å². The summed E-state index contributed by atoms with van der Waals surface area (Å²) in [6.07, 6.45) is 2.63. The third kappa shape index (κ3) is 2.23. The SMILES string of the molecule is COC1(c2nc(O)c(-c3ccc(C)cc3)c(=O)[nH]2)CCC1. The van der Waals surface area contributed by atoms with Crippen molar-refractivity contribution in [3.8, 4) is 17.0 Å². The summed E-state index contributed by atoms with van der Waals surface area (Å²) in [5.74, 6) is 0.163. The van der Waals surface area contributed by atoms with E-state index in [-0.39, 0.29) is 17.0 Å². The number of ether oxygens (including phenoxy) is 1. The van der Waals surface area contributed by atoms with Gasteiger partial charge in [-0.1, -0.05) is 29.8 Å². The number of H-pyrrole nitrogens is 1. The lowest BCUT2D eigenvalue weighted by atomic mass is 9.79. The first-order chi connectivity index (χ1) is 10.1. The first-order valence-corrected chi connectivity index (χ1v) is 7.02. The number of nitrogens with one attached hydrogen (secondary N) is 1. The Morgan fingerprint density at radius 2 is 1.95 bits per heavy atom. The summed E-state index contributed by atoms with van der Waals surface area (Å²) < 4.78 is 5.49. The molecule has 5 heteroatoms. The fourth-order valence-electron chi connectivity index (χ4n) is 2.69. The molecule has 0 spiro atoms. The molecule has 21 heavy (non-hydrogen) atoms. The summed E-state index contributed by atoms with van der Waals surface area (Å²) in [6.45, 7) is 1.97. The molecule has 1 aromatic carbocycles. The summed E-state index contributed by atoms with van der Waals surface area (Å²) in [5.41, 5.74) is 1.04. The van der Waals surface area contributed by atoms with Gasteiger partial charge in [0, 0.05) is 7.11 Å². The Kier molecular flexibility index (Phi) is 3.29. The molecular weight excluding hydrogens is 268 g/mol. The number of aromatic hydroxyl groups is 1. The molecule has 0 aliphatic heterocycles. The number of rotatable bonds is 3. The van der Waals surface area contributed by atoms with Crippen molar-refractivity contribution in [1.82, 2.24) is 9.97 Å². The number of aryl methyl sites for hydroxylation is 1. The molecule has 0 amide bonds. The summed E-state index contributed by atoms with van der Waals surface area (Å²) in [6, 6.07) is 7.39. The molecule has 0 unspecified atom stereocenters. The van der Waals surface area contributed by atoms with Crippen LogP contribution in [0.2, 0.25) is 0 Å². The summed E-state index contributed by atoms with van der Waals surface area (Å²) in [5, 5.41) is 10.2. The Bertz CT molecular complexity index is 710. The average Bonchev–Trinajstić information content (AvgIpc) is 2.40. The normalized spacial score (nSPS) is 16.5. The second-order valence-electron chi connectivity index (χ2n) is 5.53. The first-order valence-electron chi connectivity index (χ1n) is 7.02. The summed E-state index contributed by atoms with van der Waals surface area (Å²) >= 11 is 0. The van der Waals surface area contributed by atoms with Gasteiger partial charge in [0.2, 0.25) is 5.88 Å². The van der Waals surface area contributed by atoms with Crippen LogP contribution in [0.1, 0.15) is 30.7 Å². The van der Waals surface area contributed by atoms with E-state index in [2.05, 4.69) is 9.97 Å². The van der Waals surface area contributed by atoms with Crippen LogP contribution in [0.3, 0.4) is 0 Å². The van der Waals surface area contributed by atoms with E-state index in [1.807, 2.05) is 19.1 Å². The van der Waals surface area contributed by atoms with Crippen LogP contribution < -0.4 is 5.56 Å². The average molecular weight is 286 g/mol. The zero-order valence-corrected chi connectivity index (χ0v) is 12.1. The molecular formula is C16H18N2O3. The van der Waals surface area contributed by atoms with Gasteiger partial charge in [0.15, 0.2) is 0 Å². The molecule has 1 aliphatic carbocycles. The van der Waals surface area contributed by atoms with Crippen LogP contribution in [0.25, 0.3) is 11.1 Å².